The van der Waals surface area contributed by atoms with Crippen LogP contribution < -0.4 is 5.73 Å². The van der Waals surface area contributed by atoms with Crippen molar-refractivity contribution in [1.29, 1.82) is 0 Å². The first kappa shape index (κ1) is 9.22. The average molecular weight is 240 g/mol. The second-order valence-corrected chi connectivity index (χ2v) is 4.75. The van der Waals surface area contributed by atoms with E-state index in [4.69, 9.17) is 5.73 Å². The molecule has 1 aliphatic rings. The Bertz CT molecular complexity index is 277. The summed E-state index contributed by atoms with van der Waals surface area (Å²) in [5, 5.41) is 0. The zero-order chi connectivity index (χ0) is 9.26. The Hall–Kier alpha value is -0.340. The van der Waals surface area contributed by atoms with E-state index in [1.165, 1.54) is 18.4 Å². The molecule has 13 heavy (non-hydrogen) atoms. The number of hydrogen-bond acceptors (Lipinski definition) is 1. The van der Waals surface area contributed by atoms with Crippen LogP contribution in [0.2, 0.25) is 0 Å². The van der Waals surface area contributed by atoms with E-state index in [2.05, 4.69) is 40.2 Å². The fraction of sp³-hybridized carbons (Fsp3) is 0.455. The minimum atomic E-state index is 0.376. The molecule has 1 unspecified atom stereocenters. The van der Waals surface area contributed by atoms with Gasteiger partial charge in [-0.05, 0) is 42.9 Å². The van der Waals surface area contributed by atoms with Gasteiger partial charge in [0.1, 0.15) is 0 Å². The second-order valence-electron chi connectivity index (χ2n) is 3.83. The van der Waals surface area contributed by atoms with Gasteiger partial charge in [-0.2, -0.15) is 0 Å². The molecule has 0 heterocycles. The maximum absolute atomic E-state index is 6.04. The first-order valence-electron chi connectivity index (χ1n) is 4.76. The molecule has 1 saturated carbocycles. The van der Waals surface area contributed by atoms with Crippen molar-refractivity contribution in [2.45, 2.75) is 25.3 Å². The van der Waals surface area contributed by atoms with E-state index in [0.29, 0.717) is 6.04 Å². The molecule has 0 aromatic heterocycles. The van der Waals surface area contributed by atoms with E-state index in [-0.39, 0.29) is 0 Å². The molecule has 2 N–H and O–H groups in total. The highest BCUT2D eigenvalue weighted by Gasteiger charge is 2.28. The standard InChI is InChI=1S/C11H14BrN/c12-10-5-1-8(2-6-10)7-11(13)9-3-4-9/h1-2,5-6,9,11H,3-4,7,13H2. The van der Waals surface area contributed by atoms with Gasteiger partial charge in [0.25, 0.3) is 0 Å². The predicted molar refractivity (Wildman–Crippen MR) is 58.5 cm³/mol. The van der Waals surface area contributed by atoms with Gasteiger partial charge in [0.15, 0.2) is 0 Å². The molecule has 1 aromatic carbocycles. The summed E-state index contributed by atoms with van der Waals surface area (Å²) in [4.78, 5) is 0. The Morgan fingerprint density at radius 1 is 1.31 bits per heavy atom. The molecule has 70 valence electrons. The topological polar surface area (TPSA) is 26.0 Å². The molecule has 0 amide bonds. The molecular formula is C11H14BrN. The normalized spacial score (nSPS) is 18.6. The molecule has 1 aromatic rings. The lowest BCUT2D eigenvalue weighted by molar-refractivity contribution is 0.591. The van der Waals surface area contributed by atoms with Gasteiger partial charge in [-0.15, -0.1) is 0 Å². The smallest absolute Gasteiger partial charge is 0.0175 e. The van der Waals surface area contributed by atoms with Crippen molar-refractivity contribution >= 4 is 15.9 Å². The van der Waals surface area contributed by atoms with Crippen LogP contribution in [0.15, 0.2) is 28.7 Å². The average Bonchev–Trinajstić information content (AvgIpc) is 2.91. The Labute approximate surface area is 87.5 Å². The van der Waals surface area contributed by atoms with Crippen LogP contribution in [0.5, 0.6) is 0 Å². The van der Waals surface area contributed by atoms with Crippen LogP contribution in [-0.4, -0.2) is 6.04 Å². The van der Waals surface area contributed by atoms with E-state index in [1.807, 2.05) is 0 Å². The van der Waals surface area contributed by atoms with Crippen molar-refractivity contribution in [2.75, 3.05) is 0 Å². The Morgan fingerprint density at radius 3 is 2.46 bits per heavy atom. The van der Waals surface area contributed by atoms with E-state index >= 15 is 0 Å². The summed E-state index contributed by atoms with van der Waals surface area (Å²) in [7, 11) is 0. The van der Waals surface area contributed by atoms with Gasteiger partial charge >= 0.3 is 0 Å². The zero-order valence-electron chi connectivity index (χ0n) is 7.54. The number of nitrogens with two attached hydrogens (primary N) is 1. The maximum atomic E-state index is 6.04. The van der Waals surface area contributed by atoms with E-state index in [1.54, 1.807) is 0 Å². The fourth-order valence-electron chi connectivity index (χ4n) is 1.58. The second kappa shape index (κ2) is 3.81. The van der Waals surface area contributed by atoms with E-state index in [0.717, 1.165) is 16.8 Å². The summed E-state index contributed by atoms with van der Waals surface area (Å²) in [5.41, 5.74) is 7.39. The van der Waals surface area contributed by atoms with Gasteiger partial charge in [-0.25, -0.2) is 0 Å². The molecule has 1 aliphatic carbocycles. The summed E-state index contributed by atoms with van der Waals surface area (Å²) in [6, 6.07) is 8.82. The SMILES string of the molecule is NC(Cc1ccc(Br)cc1)C1CC1. The van der Waals surface area contributed by atoms with Gasteiger partial charge in [-0.1, -0.05) is 28.1 Å². The molecule has 0 saturated heterocycles. The van der Waals surface area contributed by atoms with Crippen LogP contribution in [0.1, 0.15) is 18.4 Å². The number of benzene rings is 1. The molecule has 1 atom stereocenters. The maximum Gasteiger partial charge on any atom is 0.0175 e. The molecular weight excluding hydrogens is 226 g/mol. The van der Waals surface area contributed by atoms with Crippen molar-refractivity contribution in [3.63, 3.8) is 0 Å². The molecule has 0 bridgehead atoms. The first-order chi connectivity index (χ1) is 6.25. The molecule has 1 fully saturated rings. The Balaban J connectivity index is 1.96. The van der Waals surface area contributed by atoms with Crippen molar-refractivity contribution in [2.24, 2.45) is 11.7 Å². The van der Waals surface area contributed by atoms with Crippen LogP contribution in [0, 0.1) is 5.92 Å². The highest BCUT2D eigenvalue weighted by molar-refractivity contribution is 9.10. The minimum absolute atomic E-state index is 0.376. The third-order valence-corrected chi connectivity index (χ3v) is 3.14. The van der Waals surface area contributed by atoms with Crippen molar-refractivity contribution in [3.8, 4) is 0 Å². The Morgan fingerprint density at radius 2 is 1.92 bits per heavy atom. The van der Waals surface area contributed by atoms with Gasteiger partial charge < -0.3 is 5.73 Å². The predicted octanol–water partition coefficient (Wildman–Crippen LogP) is 2.73. The summed E-state index contributed by atoms with van der Waals surface area (Å²) < 4.78 is 1.14. The van der Waals surface area contributed by atoms with Crippen LogP contribution in [-0.2, 0) is 6.42 Å². The number of halogens is 1. The molecule has 0 radical (unpaired) electrons. The van der Waals surface area contributed by atoms with Crippen molar-refractivity contribution in [3.05, 3.63) is 34.3 Å². The first-order valence-corrected chi connectivity index (χ1v) is 5.55. The minimum Gasteiger partial charge on any atom is -0.327 e. The Kier molecular flexibility index (Phi) is 2.70. The number of hydrogen-bond donors (Lipinski definition) is 1. The lowest BCUT2D eigenvalue weighted by atomic mass is 10.0. The van der Waals surface area contributed by atoms with Crippen LogP contribution in [0.25, 0.3) is 0 Å². The van der Waals surface area contributed by atoms with Crippen LogP contribution >= 0.6 is 15.9 Å². The monoisotopic (exact) mass is 239 g/mol. The van der Waals surface area contributed by atoms with Crippen molar-refractivity contribution in [1.82, 2.24) is 0 Å². The largest absolute Gasteiger partial charge is 0.327 e. The molecule has 0 spiro atoms. The zero-order valence-corrected chi connectivity index (χ0v) is 9.13. The van der Waals surface area contributed by atoms with Crippen molar-refractivity contribution < 1.29 is 0 Å². The third kappa shape index (κ3) is 2.55. The van der Waals surface area contributed by atoms with Gasteiger partial charge in [0, 0.05) is 10.5 Å². The highest BCUT2D eigenvalue weighted by atomic mass is 79.9. The van der Waals surface area contributed by atoms with Gasteiger partial charge in [0.2, 0.25) is 0 Å². The van der Waals surface area contributed by atoms with E-state index < -0.39 is 0 Å². The van der Waals surface area contributed by atoms with E-state index in [9.17, 15) is 0 Å². The van der Waals surface area contributed by atoms with Crippen LogP contribution in [0.3, 0.4) is 0 Å². The van der Waals surface area contributed by atoms with Gasteiger partial charge in [0.05, 0.1) is 0 Å². The fourth-order valence-corrected chi connectivity index (χ4v) is 1.85. The summed E-state index contributed by atoms with van der Waals surface area (Å²) >= 11 is 3.42. The molecule has 2 heteroatoms. The summed E-state index contributed by atoms with van der Waals surface area (Å²) in [6.07, 6.45) is 3.69. The molecule has 0 aliphatic heterocycles. The lowest BCUT2D eigenvalue weighted by Crippen LogP contribution is -2.24. The third-order valence-electron chi connectivity index (χ3n) is 2.61. The lowest BCUT2D eigenvalue weighted by Gasteiger charge is -2.09. The summed E-state index contributed by atoms with van der Waals surface area (Å²) in [5.74, 6) is 0.795. The highest BCUT2D eigenvalue weighted by Crippen LogP contribution is 2.32. The van der Waals surface area contributed by atoms with Gasteiger partial charge in [-0.3, -0.25) is 0 Å². The summed E-state index contributed by atoms with van der Waals surface area (Å²) in [6.45, 7) is 0. The molecule has 1 nitrogen and oxygen atoms in total. The molecule has 2 rings (SSSR count). The van der Waals surface area contributed by atoms with Crippen LogP contribution in [0.4, 0.5) is 0 Å². The quantitative estimate of drug-likeness (QED) is 0.863. The number of rotatable bonds is 3.